The van der Waals surface area contributed by atoms with Crippen LogP contribution in [0.2, 0.25) is 0 Å². The number of halogens is 1. The van der Waals surface area contributed by atoms with Crippen molar-refractivity contribution >= 4 is 23.5 Å². The van der Waals surface area contributed by atoms with Crippen LogP contribution in [0.15, 0.2) is 65.2 Å². The number of hydrogen-bond donors (Lipinski definition) is 1. The zero-order chi connectivity index (χ0) is 18.5. The summed E-state index contributed by atoms with van der Waals surface area (Å²) in [4.78, 5) is 12.9. The highest BCUT2D eigenvalue weighted by molar-refractivity contribution is 8.00. The van der Waals surface area contributed by atoms with Crippen LogP contribution in [0, 0.1) is 12.7 Å². The van der Waals surface area contributed by atoms with Gasteiger partial charge in [0.1, 0.15) is 16.8 Å². The van der Waals surface area contributed by atoms with Crippen molar-refractivity contribution in [3.8, 4) is 0 Å². The van der Waals surface area contributed by atoms with Gasteiger partial charge in [-0.05, 0) is 25.5 Å². The Balaban J connectivity index is 1.84. The molecule has 4 nitrogen and oxygen atoms in total. The van der Waals surface area contributed by atoms with E-state index < -0.39 is 5.25 Å². The quantitative estimate of drug-likeness (QED) is 0.640. The molecular weight excluding hydrogens is 351 g/mol. The minimum Gasteiger partial charge on any atom is -0.360 e. The van der Waals surface area contributed by atoms with Gasteiger partial charge < -0.3 is 9.84 Å². The molecule has 1 N–H and O–H groups in total. The van der Waals surface area contributed by atoms with E-state index in [-0.39, 0.29) is 17.0 Å². The van der Waals surface area contributed by atoms with Gasteiger partial charge in [-0.15, -0.1) is 11.8 Å². The van der Waals surface area contributed by atoms with Crippen molar-refractivity contribution in [1.29, 1.82) is 0 Å². The lowest BCUT2D eigenvalue weighted by Gasteiger charge is -2.21. The summed E-state index contributed by atoms with van der Waals surface area (Å²) in [5.41, 5.74) is 1.42. The number of aromatic nitrogens is 1. The number of nitrogens with one attached hydrogen (secondary N) is 1. The molecule has 2 atom stereocenters. The molecule has 3 aromatic rings. The van der Waals surface area contributed by atoms with Gasteiger partial charge in [0.2, 0.25) is 5.91 Å². The zero-order valence-corrected chi connectivity index (χ0v) is 15.3. The van der Waals surface area contributed by atoms with Crippen molar-refractivity contribution in [3.05, 3.63) is 83.4 Å². The standard InChI is InChI=1S/C20H19FN2O2S/c1-13-12-18(23-25-13)22-20(24)19(15-8-4-3-5-9-15)26-14(2)16-10-6-7-11-17(16)21/h3-12,14,19H,1-2H3,(H,22,23,24). The molecule has 0 aliphatic rings. The number of amides is 1. The molecule has 0 spiro atoms. The van der Waals surface area contributed by atoms with Gasteiger partial charge in [-0.2, -0.15) is 0 Å². The molecule has 1 heterocycles. The molecule has 0 fully saturated rings. The average Bonchev–Trinajstić information content (AvgIpc) is 3.05. The van der Waals surface area contributed by atoms with Gasteiger partial charge in [0.15, 0.2) is 5.82 Å². The van der Waals surface area contributed by atoms with E-state index in [9.17, 15) is 9.18 Å². The minimum absolute atomic E-state index is 0.203. The van der Waals surface area contributed by atoms with Crippen LogP contribution in [0.3, 0.4) is 0 Å². The van der Waals surface area contributed by atoms with Gasteiger partial charge in [-0.3, -0.25) is 4.79 Å². The number of hydrogen-bond acceptors (Lipinski definition) is 4. The monoisotopic (exact) mass is 370 g/mol. The van der Waals surface area contributed by atoms with Crippen LogP contribution in [0.4, 0.5) is 10.2 Å². The van der Waals surface area contributed by atoms with Crippen molar-refractivity contribution in [2.45, 2.75) is 24.3 Å². The number of carbonyl (C=O) groups excluding carboxylic acids is 1. The Bertz CT molecular complexity index is 882. The third kappa shape index (κ3) is 4.32. The van der Waals surface area contributed by atoms with Gasteiger partial charge in [0.05, 0.1) is 0 Å². The molecule has 6 heteroatoms. The summed E-state index contributed by atoms with van der Waals surface area (Å²) in [6.07, 6.45) is 0. The van der Waals surface area contributed by atoms with Crippen LogP contribution in [0.1, 0.15) is 34.3 Å². The van der Waals surface area contributed by atoms with Crippen molar-refractivity contribution < 1.29 is 13.7 Å². The van der Waals surface area contributed by atoms with E-state index in [4.69, 9.17) is 4.52 Å². The molecule has 3 rings (SSSR count). The second-order valence-corrected chi connectivity index (χ2v) is 7.35. The lowest BCUT2D eigenvalue weighted by molar-refractivity contribution is -0.115. The van der Waals surface area contributed by atoms with Crippen LogP contribution in [-0.2, 0) is 4.79 Å². The van der Waals surface area contributed by atoms with Gasteiger partial charge in [-0.1, -0.05) is 53.7 Å². The molecule has 134 valence electrons. The summed E-state index contributed by atoms with van der Waals surface area (Å²) in [6.45, 7) is 3.65. The van der Waals surface area contributed by atoms with E-state index in [0.717, 1.165) is 5.56 Å². The molecule has 0 saturated carbocycles. The zero-order valence-electron chi connectivity index (χ0n) is 14.5. The van der Waals surface area contributed by atoms with Crippen LogP contribution in [0.5, 0.6) is 0 Å². The first kappa shape index (κ1) is 18.2. The highest BCUT2D eigenvalue weighted by atomic mass is 32.2. The van der Waals surface area contributed by atoms with Crippen LogP contribution in [-0.4, -0.2) is 11.1 Å². The molecule has 2 aromatic carbocycles. The average molecular weight is 370 g/mol. The summed E-state index contributed by atoms with van der Waals surface area (Å²) in [5.74, 6) is 0.487. The summed E-state index contributed by atoms with van der Waals surface area (Å²) < 4.78 is 19.1. The third-order valence-electron chi connectivity index (χ3n) is 3.90. The highest BCUT2D eigenvalue weighted by Gasteiger charge is 2.26. The second-order valence-electron chi connectivity index (χ2n) is 5.90. The Morgan fingerprint density at radius 2 is 1.85 bits per heavy atom. The molecule has 0 saturated heterocycles. The van der Waals surface area contributed by atoms with Crippen molar-refractivity contribution in [3.63, 3.8) is 0 Å². The van der Waals surface area contributed by atoms with Crippen molar-refractivity contribution in [2.75, 3.05) is 5.32 Å². The second kappa shape index (κ2) is 8.19. The van der Waals surface area contributed by atoms with Gasteiger partial charge in [-0.25, -0.2) is 4.39 Å². The third-order valence-corrected chi connectivity index (χ3v) is 5.32. The number of rotatable bonds is 6. The Kier molecular flexibility index (Phi) is 5.73. The summed E-state index contributed by atoms with van der Waals surface area (Å²) in [7, 11) is 0. The summed E-state index contributed by atoms with van der Waals surface area (Å²) in [5, 5.41) is 5.87. The maximum atomic E-state index is 14.1. The first-order valence-corrected chi connectivity index (χ1v) is 9.18. The lowest BCUT2D eigenvalue weighted by atomic mass is 10.1. The summed E-state index contributed by atoms with van der Waals surface area (Å²) in [6, 6.07) is 17.7. The van der Waals surface area contributed by atoms with E-state index in [1.54, 1.807) is 31.2 Å². The predicted molar refractivity (Wildman–Crippen MR) is 101 cm³/mol. The molecule has 1 aromatic heterocycles. The number of nitrogens with zero attached hydrogens (tertiary/aromatic N) is 1. The number of anilines is 1. The number of benzene rings is 2. The van der Waals surface area contributed by atoms with E-state index in [1.165, 1.54) is 17.8 Å². The molecule has 0 bridgehead atoms. The van der Waals surface area contributed by atoms with E-state index in [0.29, 0.717) is 17.1 Å². The first-order chi connectivity index (χ1) is 12.5. The fourth-order valence-corrected chi connectivity index (χ4v) is 3.86. The largest absolute Gasteiger partial charge is 0.360 e. The molecular formula is C20H19FN2O2S. The molecule has 0 radical (unpaired) electrons. The minimum atomic E-state index is -0.511. The highest BCUT2D eigenvalue weighted by Crippen LogP contribution is 2.41. The smallest absolute Gasteiger partial charge is 0.243 e. The molecule has 0 aliphatic carbocycles. The van der Waals surface area contributed by atoms with E-state index in [1.807, 2.05) is 37.3 Å². The van der Waals surface area contributed by atoms with Crippen LogP contribution >= 0.6 is 11.8 Å². The number of carbonyl (C=O) groups is 1. The lowest BCUT2D eigenvalue weighted by Crippen LogP contribution is -2.20. The fourth-order valence-electron chi connectivity index (χ4n) is 2.62. The Labute approximate surface area is 155 Å². The molecule has 26 heavy (non-hydrogen) atoms. The summed E-state index contributed by atoms with van der Waals surface area (Å²) >= 11 is 1.39. The topological polar surface area (TPSA) is 55.1 Å². The maximum absolute atomic E-state index is 14.1. The van der Waals surface area contributed by atoms with Gasteiger partial charge >= 0.3 is 0 Å². The van der Waals surface area contributed by atoms with Gasteiger partial charge in [0, 0.05) is 16.9 Å². The van der Waals surface area contributed by atoms with Crippen molar-refractivity contribution in [2.24, 2.45) is 0 Å². The van der Waals surface area contributed by atoms with Gasteiger partial charge in [0.25, 0.3) is 0 Å². The van der Waals surface area contributed by atoms with E-state index in [2.05, 4.69) is 10.5 Å². The normalized spacial score (nSPS) is 13.2. The Morgan fingerprint density at radius 3 is 2.50 bits per heavy atom. The Morgan fingerprint density at radius 1 is 1.15 bits per heavy atom. The predicted octanol–water partition coefficient (Wildman–Crippen LogP) is 5.30. The fraction of sp³-hybridized carbons (Fsp3) is 0.200. The van der Waals surface area contributed by atoms with Crippen molar-refractivity contribution in [1.82, 2.24) is 5.16 Å². The van der Waals surface area contributed by atoms with Crippen LogP contribution < -0.4 is 5.32 Å². The molecule has 2 unspecified atom stereocenters. The Hall–Kier alpha value is -2.60. The van der Waals surface area contributed by atoms with Crippen LogP contribution in [0.25, 0.3) is 0 Å². The van der Waals surface area contributed by atoms with E-state index >= 15 is 0 Å². The first-order valence-electron chi connectivity index (χ1n) is 8.23. The maximum Gasteiger partial charge on any atom is 0.243 e. The molecule has 0 aliphatic heterocycles. The molecule has 1 amide bonds. The number of thioether (sulfide) groups is 1. The SMILES string of the molecule is Cc1cc(NC(=O)C(SC(C)c2ccccc2F)c2ccccc2)no1. The number of aryl methyl sites for hydroxylation is 1.